The maximum atomic E-state index is 12.6. The molecule has 0 heterocycles. The summed E-state index contributed by atoms with van der Waals surface area (Å²) >= 11 is 6.08. The molecule has 3 aromatic rings. The molecule has 0 spiro atoms. The molecule has 0 unspecified atom stereocenters. The van der Waals surface area contributed by atoms with Crippen molar-refractivity contribution in [3.8, 4) is 17.6 Å². The molecule has 0 aromatic heterocycles. The van der Waals surface area contributed by atoms with Gasteiger partial charge in [0, 0.05) is 5.69 Å². The molecule has 3 aromatic carbocycles. The van der Waals surface area contributed by atoms with Crippen LogP contribution in [0.5, 0.6) is 11.5 Å². The highest BCUT2D eigenvalue weighted by Crippen LogP contribution is 2.30. The third-order valence-corrected chi connectivity index (χ3v) is 5.41. The van der Waals surface area contributed by atoms with Gasteiger partial charge in [-0.1, -0.05) is 47.5 Å². The fourth-order valence-corrected chi connectivity index (χ4v) is 3.54. The lowest BCUT2D eigenvalue weighted by Crippen LogP contribution is -2.21. The molecule has 0 atom stereocenters. The van der Waals surface area contributed by atoms with E-state index >= 15 is 0 Å². The van der Waals surface area contributed by atoms with E-state index in [1.54, 1.807) is 42.5 Å². The second kappa shape index (κ2) is 12.4. The average Bonchev–Trinajstić information content (AvgIpc) is 2.85. The molecular weight excluding hydrogens is 478 g/mol. The Bertz CT molecular complexity index is 1340. The van der Waals surface area contributed by atoms with Crippen LogP contribution in [0, 0.1) is 25.2 Å². The van der Waals surface area contributed by atoms with Gasteiger partial charge in [-0.3, -0.25) is 9.59 Å². The predicted molar refractivity (Wildman–Crippen MR) is 141 cm³/mol. The summed E-state index contributed by atoms with van der Waals surface area (Å²) in [7, 11) is 0. The van der Waals surface area contributed by atoms with Crippen molar-refractivity contribution in [1.82, 2.24) is 0 Å². The van der Waals surface area contributed by atoms with Gasteiger partial charge in [-0.2, -0.15) is 5.26 Å². The molecule has 2 N–H and O–H groups in total. The summed E-state index contributed by atoms with van der Waals surface area (Å²) in [5, 5.41) is 15.4. The first kappa shape index (κ1) is 26.3. The number of nitriles is 1. The molecule has 2 amide bonds. The fraction of sp³-hybridized carbons (Fsp3) is 0.179. The van der Waals surface area contributed by atoms with E-state index in [9.17, 15) is 14.9 Å². The molecule has 184 valence electrons. The molecule has 0 saturated carbocycles. The van der Waals surface area contributed by atoms with Crippen molar-refractivity contribution in [2.45, 2.75) is 20.8 Å². The predicted octanol–water partition coefficient (Wildman–Crippen LogP) is 5.92. The molecule has 3 rings (SSSR count). The first-order valence-corrected chi connectivity index (χ1v) is 11.6. The first-order chi connectivity index (χ1) is 17.3. The average molecular weight is 504 g/mol. The number of para-hydroxylation sites is 1. The molecule has 36 heavy (non-hydrogen) atoms. The second-order valence-corrected chi connectivity index (χ2v) is 8.31. The summed E-state index contributed by atoms with van der Waals surface area (Å²) in [6, 6.07) is 19.4. The number of halogens is 1. The van der Waals surface area contributed by atoms with Crippen LogP contribution in [0.15, 0.2) is 66.2 Å². The maximum absolute atomic E-state index is 12.6. The van der Waals surface area contributed by atoms with Gasteiger partial charge in [-0.25, -0.2) is 0 Å². The zero-order chi connectivity index (χ0) is 26.1. The van der Waals surface area contributed by atoms with Gasteiger partial charge in [0.2, 0.25) is 0 Å². The summed E-state index contributed by atoms with van der Waals surface area (Å²) < 4.78 is 11.4. The second-order valence-electron chi connectivity index (χ2n) is 7.90. The van der Waals surface area contributed by atoms with Crippen molar-refractivity contribution >= 4 is 40.9 Å². The van der Waals surface area contributed by atoms with E-state index < -0.39 is 5.91 Å². The Morgan fingerprint density at radius 1 is 0.972 bits per heavy atom. The molecular formula is C28H26ClN3O4. The highest BCUT2D eigenvalue weighted by Gasteiger charge is 2.14. The third kappa shape index (κ3) is 7.11. The van der Waals surface area contributed by atoms with Crippen molar-refractivity contribution in [3.63, 3.8) is 0 Å². The summed E-state index contributed by atoms with van der Waals surface area (Å²) in [6.45, 7) is 5.87. The minimum absolute atomic E-state index is 0.112. The molecule has 8 heteroatoms. The molecule has 0 bridgehead atoms. The lowest BCUT2D eigenvalue weighted by molar-refractivity contribution is -0.118. The number of nitrogens with one attached hydrogen (secondary N) is 2. The Morgan fingerprint density at radius 2 is 1.75 bits per heavy atom. The maximum Gasteiger partial charge on any atom is 0.266 e. The molecule has 7 nitrogen and oxygen atoms in total. The Balaban J connectivity index is 1.72. The van der Waals surface area contributed by atoms with E-state index in [4.69, 9.17) is 21.1 Å². The fourth-order valence-electron chi connectivity index (χ4n) is 3.35. The van der Waals surface area contributed by atoms with Crippen molar-refractivity contribution in [3.05, 3.63) is 87.9 Å². The number of aryl methyl sites for hydroxylation is 2. The molecule has 0 aliphatic heterocycles. The number of carbonyl (C=O) groups is 2. The Labute approximate surface area is 215 Å². The normalized spacial score (nSPS) is 10.8. The zero-order valence-corrected chi connectivity index (χ0v) is 21.0. The minimum Gasteiger partial charge on any atom is -0.490 e. The van der Waals surface area contributed by atoms with Crippen molar-refractivity contribution in [2.75, 3.05) is 23.8 Å². The molecule has 0 fully saturated rings. The number of rotatable bonds is 9. The molecule has 0 aliphatic carbocycles. The highest BCUT2D eigenvalue weighted by molar-refractivity contribution is 6.34. The number of hydrogen-bond acceptors (Lipinski definition) is 5. The van der Waals surface area contributed by atoms with Gasteiger partial charge in [0.25, 0.3) is 11.8 Å². The minimum atomic E-state index is -0.591. The standard InChI is InChI=1S/C28H26ClN3O4/c1-4-35-26-15-20(14-21(16-30)28(34)32-24-8-6-5-7-22(24)29)10-12-25(26)36-17-27(33)31-23-11-9-18(2)13-19(23)3/h5-15H,4,17H2,1-3H3,(H,31,33)(H,32,34)/b21-14+. The number of hydrogen-bond donors (Lipinski definition) is 2. The van der Waals surface area contributed by atoms with Gasteiger partial charge in [0.05, 0.1) is 17.3 Å². The Kier molecular flexibility index (Phi) is 9.09. The largest absolute Gasteiger partial charge is 0.490 e. The topological polar surface area (TPSA) is 100 Å². The zero-order valence-electron chi connectivity index (χ0n) is 20.2. The molecule has 0 aliphatic rings. The van der Waals surface area contributed by atoms with E-state index in [-0.39, 0.29) is 18.1 Å². The van der Waals surface area contributed by atoms with Crippen LogP contribution in [-0.2, 0) is 9.59 Å². The van der Waals surface area contributed by atoms with Gasteiger partial charge < -0.3 is 20.1 Å². The van der Waals surface area contributed by atoms with Crippen LogP contribution in [0.2, 0.25) is 5.02 Å². The lowest BCUT2D eigenvalue weighted by atomic mass is 10.1. The van der Waals surface area contributed by atoms with Crippen molar-refractivity contribution in [2.24, 2.45) is 0 Å². The highest BCUT2D eigenvalue weighted by atomic mass is 35.5. The van der Waals surface area contributed by atoms with Crippen molar-refractivity contribution in [1.29, 1.82) is 5.26 Å². The van der Waals surface area contributed by atoms with Crippen LogP contribution in [-0.4, -0.2) is 25.0 Å². The first-order valence-electron chi connectivity index (χ1n) is 11.2. The van der Waals surface area contributed by atoms with Crippen LogP contribution in [0.3, 0.4) is 0 Å². The Hall–Kier alpha value is -4.28. The van der Waals surface area contributed by atoms with Gasteiger partial charge in [-0.15, -0.1) is 0 Å². The van der Waals surface area contributed by atoms with E-state index in [2.05, 4.69) is 10.6 Å². The smallest absolute Gasteiger partial charge is 0.266 e. The van der Waals surface area contributed by atoms with E-state index in [1.807, 2.05) is 45.0 Å². The molecule has 0 radical (unpaired) electrons. The number of carbonyl (C=O) groups excluding carboxylic acids is 2. The third-order valence-electron chi connectivity index (χ3n) is 5.08. The molecule has 0 saturated heterocycles. The summed E-state index contributed by atoms with van der Waals surface area (Å²) in [4.78, 5) is 25.0. The van der Waals surface area contributed by atoms with E-state index in [0.717, 1.165) is 16.8 Å². The monoisotopic (exact) mass is 503 g/mol. The van der Waals surface area contributed by atoms with Crippen molar-refractivity contribution < 1.29 is 19.1 Å². The summed E-state index contributed by atoms with van der Waals surface area (Å²) in [5.74, 6) is -0.151. The van der Waals surface area contributed by atoms with Crippen LogP contribution in [0.25, 0.3) is 6.08 Å². The van der Waals surface area contributed by atoms with Crippen LogP contribution in [0.4, 0.5) is 11.4 Å². The van der Waals surface area contributed by atoms with Gasteiger partial charge in [0.15, 0.2) is 18.1 Å². The quantitative estimate of drug-likeness (QED) is 0.279. The lowest BCUT2D eigenvalue weighted by Gasteiger charge is -2.14. The van der Waals surface area contributed by atoms with Gasteiger partial charge in [-0.05, 0) is 68.3 Å². The number of anilines is 2. The van der Waals surface area contributed by atoms with Gasteiger partial charge in [0.1, 0.15) is 11.6 Å². The van der Waals surface area contributed by atoms with Crippen LogP contribution < -0.4 is 20.1 Å². The SMILES string of the molecule is CCOc1cc(/C=C(\C#N)C(=O)Nc2ccccc2Cl)ccc1OCC(=O)Nc1ccc(C)cc1C. The summed E-state index contributed by atoms with van der Waals surface area (Å²) in [5.41, 5.74) is 3.64. The van der Waals surface area contributed by atoms with Gasteiger partial charge >= 0.3 is 0 Å². The van der Waals surface area contributed by atoms with Crippen LogP contribution >= 0.6 is 11.6 Å². The number of benzene rings is 3. The van der Waals surface area contributed by atoms with E-state index in [0.29, 0.717) is 34.4 Å². The number of amides is 2. The summed E-state index contributed by atoms with van der Waals surface area (Å²) in [6.07, 6.45) is 1.44. The van der Waals surface area contributed by atoms with E-state index in [1.165, 1.54) is 6.08 Å². The number of nitrogens with zero attached hydrogens (tertiary/aromatic N) is 1. The number of ether oxygens (including phenoxy) is 2. The Morgan fingerprint density at radius 3 is 2.44 bits per heavy atom. The van der Waals surface area contributed by atoms with Crippen LogP contribution in [0.1, 0.15) is 23.6 Å².